The summed E-state index contributed by atoms with van der Waals surface area (Å²) in [4.78, 5) is 7.97. The van der Waals surface area contributed by atoms with E-state index < -0.39 is 0 Å². The number of benzene rings is 1. The lowest BCUT2D eigenvalue weighted by Crippen LogP contribution is -3.14. The van der Waals surface area contributed by atoms with Gasteiger partial charge in [0, 0.05) is 25.0 Å². The smallest absolute Gasteiger partial charge is 0.202 e. The van der Waals surface area contributed by atoms with E-state index >= 15 is 0 Å². The summed E-state index contributed by atoms with van der Waals surface area (Å²) in [6.45, 7) is 7.51. The number of hydrogen-bond donors (Lipinski definition) is 1. The summed E-state index contributed by atoms with van der Waals surface area (Å²) in [5.74, 6) is 1.84. The maximum absolute atomic E-state index is 5.80. The molecule has 1 aliphatic heterocycles. The van der Waals surface area contributed by atoms with Crippen LogP contribution in [-0.2, 0) is 13.7 Å². The zero-order chi connectivity index (χ0) is 20.2. The summed E-state index contributed by atoms with van der Waals surface area (Å²) in [6.07, 6.45) is 3.56. The van der Waals surface area contributed by atoms with Crippen LogP contribution in [0.2, 0.25) is 0 Å². The summed E-state index contributed by atoms with van der Waals surface area (Å²) in [5.41, 5.74) is 2.21. The van der Waals surface area contributed by atoms with Gasteiger partial charge in [-0.05, 0) is 43.4 Å². The largest absolute Gasteiger partial charge is 0.492 e. The van der Waals surface area contributed by atoms with Gasteiger partial charge in [-0.3, -0.25) is 4.98 Å². The van der Waals surface area contributed by atoms with E-state index in [1.165, 1.54) is 10.6 Å². The van der Waals surface area contributed by atoms with Crippen molar-refractivity contribution in [3.8, 4) is 17.1 Å². The Morgan fingerprint density at radius 2 is 1.83 bits per heavy atom. The molecule has 1 fully saturated rings. The molecule has 1 aromatic carbocycles. The zero-order valence-electron chi connectivity index (χ0n) is 16.9. The average Bonchev–Trinajstić information content (AvgIpc) is 3.04. The summed E-state index contributed by atoms with van der Waals surface area (Å²) in [5, 5.41) is 4.78. The summed E-state index contributed by atoms with van der Waals surface area (Å²) < 4.78 is 10.5. The number of nitrogens with one attached hydrogen (secondary N) is 1. The van der Waals surface area contributed by atoms with Gasteiger partial charge in [0.05, 0.1) is 38.5 Å². The van der Waals surface area contributed by atoms with Crippen molar-refractivity contribution in [3.63, 3.8) is 0 Å². The maximum atomic E-state index is 5.80. The van der Waals surface area contributed by atoms with Gasteiger partial charge < -0.3 is 19.1 Å². The first-order valence-electron chi connectivity index (χ1n) is 10.0. The first-order valence-corrected chi connectivity index (χ1v) is 10.4. The molecule has 0 spiro atoms. The van der Waals surface area contributed by atoms with Crippen LogP contribution in [0.3, 0.4) is 0 Å². The van der Waals surface area contributed by atoms with Crippen LogP contribution in [0.1, 0.15) is 6.92 Å². The number of anilines is 1. The number of ether oxygens (including phenoxy) is 1. The van der Waals surface area contributed by atoms with Crippen molar-refractivity contribution in [2.45, 2.75) is 13.6 Å². The molecule has 0 aliphatic carbocycles. The molecule has 0 atom stereocenters. The highest BCUT2D eigenvalue weighted by atomic mass is 32.1. The maximum Gasteiger partial charge on any atom is 0.202 e. The molecule has 1 aliphatic rings. The van der Waals surface area contributed by atoms with Crippen LogP contribution < -0.4 is 14.5 Å². The Hall–Kier alpha value is -2.71. The molecular weight excluding hydrogens is 384 g/mol. The predicted molar refractivity (Wildman–Crippen MR) is 116 cm³/mol. The van der Waals surface area contributed by atoms with Crippen LogP contribution in [0.4, 0.5) is 5.69 Å². The molecule has 0 unspecified atom stereocenters. The van der Waals surface area contributed by atoms with Crippen molar-refractivity contribution >= 4 is 17.9 Å². The Morgan fingerprint density at radius 3 is 2.55 bits per heavy atom. The third-order valence-corrected chi connectivity index (χ3v) is 5.81. The summed E-state index contributed by atoms with van der Waals surface area (Å²) in [6, 6.07) is 12.2. The molecule has 0 bridgehead atoms. The number of aromatic nitrogens is 4. The van der Waals surface area contributed by atoms with E-state index in [-0.39, 0.29) is 0 Å². The van der Waals surface area contributed by atoms with Gasteiger partial charge in [0.1, 0.15) is 5.75 Å². The van der Waals surface area contributed by atoms with E-state index in [0.29, 0.717) is 6.61 Å². The lowest BCUT2D eigenvalue weighted by atomic mass is 10.2. The number of rotatable bonds is 6. The van der Waals surface area contributed by atoms with Gasteiger partial charge in [0.15, 0.2) is 12.5 Å². The van der Waals surface area contributed by atoms with Gasteiger partial charge >= 0.3 is 0 Å². The van der Waals surface area contributed by atoms with Gasteiger partial charge in [-0.1, -0.05) is 12.1 Å². The normalized spacial score (nSPS) is 14.9. The zero-order valence-corrected chi connectivity index (χ0v) is 17.7. The highest BCUT2D eigenvalue weighted by Crippen LogP contribution is 2.27. The minimum atomic E-state index is 0.681. The van der Waals surface area contributed by atoms with Crippen LogP contribution in [0.25, 0.3) is 11.4 Å². The van der Waals surface area contributed by atoms with Gasteiger partial charge in [0.25, 0.3) is 0 Å². The van der Waals surface area contributed by atoms with E-state index in [1.807, 2.05) is 47.5 Å². The number of piperazine rings is 1. The molecule has 1 N–H and O–H groups in total. The van der Waals surface area contributed by atoms with Crippen LogP contribution in [0, 0.1) is 4.77 Å². The lowest BCUT2D eigenvalue weighted by Gasteiger charge is -2.34. The van der Waals surface area contributed by atoms with Crippen LogP contribution in [0.5, 0.6) is 5.75 Å². The number of pyridine rings is 1. The Labute approximate surface area is 176 Å². The monoisotopic (exact) mass is 411 g/mol. The molecule has 4 rings (SSSR count). The molecule has 3 aromatic rings. The fourth-order valence-corrected chi connectivity index (χ4v) is 3.96. The van der Waals surface area contributed by atoms with Crippen LogP contribution >= 0.6 is 12.2 Å². The van der Waals surface area contributed by atoms with Crippen molar-refractivity contribution in [2.24, 2.45) is 7.05 Å². The molecule has 29 heavy (non-hydrogen) atoms. The Morgan fingerprint density at radius 1 is 1.10 bits per heavy atom. The van der Waals surface area contributed by atoms with Gasteiger partial charge in [-0.25, -0.2) is 0 Å². The highest BCUT2D eigenvalue weighted by Gasteiger charge is 2.23. The standard InChI is InChI=1S/C21H26N6OS/c1-3-28-19-7-5-4-6-18(19)26-14-12-25(13-15-26)16-27-21(29)24(2)20(23-27)17-8-10-22-11-9-17/h4-11H,3,12-16H2,1-2H3/p+1. The Kier molecular flexibility index (Phi) is 5.92. The SMILES string of the molecule is CCOc1ccccc1N1CC[NH+](Cn2nc(-c3ccncc3)n(C)c2=S)CC1. The number of hydrogen-bond acceptors (Lipinski definition) is 5. The van der Waals surface area contributed by atoms with E-state index in [4.69, 9.17) is 22.1 Å². The minimum absolute atomic E-state index is 0.681. The molecule has 7 nitrogen and oxygen atoms in total. The van der Waals surface area contributed by atoms with E-state index in [9.17, 15) is 0 Å². The van der Waals surface area contributed by atoms with Gasteiger partial charge in [-0.2, -0.15) is 4.68 Å². The molecule has 0 amide bonds. The second-order valence-electron chi connectivity index (χ2n) is 7.20. The van der Waals surface area contributed by atoms with Gasteiger partial charge in [-0.15, -0.1) is 5.10 Å². The summed E-state index contributed by atoms with van der Waals surface area (Å²) in [7, 11) is 1.97. The lowest BCUT2D eigenvalue weighted by molar-refractivity contribution is -0.924. The Balaban J connectivity index is 1.44. The third-order valence-electron chi connectivity index (χ3n) is 5.33. The van der Waals surface area contributed by atoms with E-state index in [1.54, 1.807) is 12.4 Å². The average molecular weight is 412 g/mol. The molecule has 3 heterocycles. The second kappa shape index (κ2) is 8.75. The Bertz CT molecular complexity index is 1010. The predicted octanol–water partition coefficient (Wildman–Crippen LogP) is 1.77. The van der Waals surface area contributed by atoms with Crippen molar-refractivity contribution in [1.29, 1.82) is 0 Å². The fourth-order valence-electron chi connectivity index (χ4n) is 3.77. The fraction of sp³-hybridized carbons (Fsp3) is 0.381. The highest BCUT2D eigenvalue weighted by molar-refractivity contribution is 7.71. The summed E-state index contributed by atoms with van der Waals surface area (Å²) >= 11 is 5.64. The van der Waals surface area contributed by atoms with Crippen molar-refractivity contribution in [3.05, 3.63) is 53.6 Å². The molecule has 0 radical (unpaired) electrons. The van der Waals surface area contributed by atoms with Crippen molar-refractivity contribution in [1.82, 2.24) is 19.3 Å². The number of nitrogens with zero attached hydrogens (tertiary/aromatic N) is 5. The first kappa shape index (κ1) is 19.6. The molecule has 152 valence electrons. The number of quaternary nitrogens is 1. The van der Waals surface area contributed by atoms with Crippen molar-refractivity contribution in [2.75, 3.05) is 37.7 Å². The molecular formula is C21H27N6OS+. The van der Waals surface area contributed by atoms with Crippen molar-refractivity contribution < 1.29 is 9.64 Å². The molecule has 8 heteroatoms. The van der Waals surface area contributed by atoms with Gasteiger partial charge in [0.2, 0.25) is 4.77 Å². The quantitative estimate of drug-likeness (QED) is 0.627. The van der Waals surface area contributed by atoms with E-state index in [0.717, 1.165) is 54.8 Å². The molecule has 1 saturated heterocycles. The topological polar surface area (TPSA) is 52.6 Å². The van der Waals surface area contributed by atoms with Crippen LogP contribution in [0.15, 0.2) is 48.8 Å². The second-order valence-corrected chi connectivity index (χ2v) is 7.56. The van der Waals surface area contributed by atoms with E-state index in [2.05, 4.69) is 22.0 Å². The molecule has 2 aromatic heterocycles. The number of para-hydroxylation sites is 2. The minimum Gasteiger partial charge on any atom is -0.492 e. The molecule has 0 saturated carbocycles. The first-order chi connectivity index (χ1) is 14.2. The van der Waals surface area contributed by atoms with Crippen LogP contribution in [-0.4, -0.2) is 52.1 Å². The third kappa shape index (κ3) is 4.18.